The van der Waals surface area contributed by atoms with Crippen LogP contribution in [0.3, 0.4) is 0 Å². The van der Waals surface area contributed by atoms with Crippen molar-refractivity contribution < 1.29 is 4.74 Å². The largest absolute Gasteiger partial charge is 0.497 e. The molecule has 1 aromatic carbocycles. The lowest BCUT2D eigenvalue weighted by Gasteiger charge is -2.21. The number of hydrogen-bond donors (Lipinski definition) is 2. The van der Waals surface area contributed by atoms with Crippen LogP contribution >= 0.6 is 11.6 Å². The van der Waals surface area contributed by atoms with Gasteiger partial charge in [-0.05, 0) is 50.6 Å². The first-order chi connectivity index (χ1) is 11.1. The summed E-state index contributed by atoms with van der Waals surface area (Å²) in [5.74, 6) is 1.62. The van der Waals surface area contributed by atoms with Crippen molar-refractivity contribution >= 4 is 17.6 Å². The van der Waals surface area contributed by atoms with E-state index in [0.717, 1.165) is 41.8 Å². The average Bonchev–Trinajstić information content (AvgIpc) is 2.97. The summed E-state index contributed by atoms with van der Waals surface area (Å²) in [6.07, 6.45) is 3.37. The maximum atomic E-state index is 6.26. The van der Waals surface area contributed by atoms with Crippen LogP contribution in [0.1, 0.15) is 18.4 Å². The topological polar surface area (TPSA) is 48.9 Å². The summed E-state index contributed by atoms with van der Waals surface area (Å²) in [6, 6.07) is 6.39. The van der Waals surface area contributed by atoms with Crippen molar-refractivity contribution in [2.75, 3.05) is 40.8 Å². The third kappa shape index (κ3) is 5.29. The Bertz CT molecular complexity index is 535. The molecule has 2 rings (SSSR count). The van der Waals surface area contributed by atoms with Gasteiger partial charge >= 0.3 is 0 Å². The van der Waals surface area contributed by atoms with Gasteiger partial charge in [-0.15, -0.1) is 0 Å². The molecule has 5 nitrogen and oxygen atoms in total. The third-order valence-corrected chi connectivity index (χ3v) is 4.70. The van der Waals surface area contributed by atoms with Crippen molar-refractivity contribution in [2.24, 2.45) is 4.99 Å². The quantitative estimate of drug-likeness (QED) is 0.616. The Kier molecular flexibility index (Phi) is 6.99. The molecule has 1 aliphatic rings. The van der Waals surface area contributed by atoms with Crippen LogP contribution in [0.15, 0.2) is 23.2 Å². The minimum Gasteiger partial charge on any atom is -0.497 e. The molecule has 128 valence electrons. The van der Waals surface area contributed by atoms with Crippen LogP contribution in [0.25, 0.3) is 0 Å². The highest BCUT2D eigenvalue weighted by Crippen LogP contribution is 2.22. The Morgan fingerprint density at radius 2 is 2.26 bits per heavy atom. The number of aliphatic imine (C=N–C) groups is 1. The van der Waals surface area contributed by atoms with Crippen molar-refractivity contribution in [1.82, 2.24) is 15.5 Å². The number of halogens is 1. The second-order valence-corrected chi connectivity index (χ2v) is 6.27. The van der Waals surface area contributed by atoms with E-state index in [0.29, 0.717) is 6.04 Å². The van der Waals surface area contributed by atoms with E-state index in [-0.39, 0.29) is 0 Å². The Labute approximate surface area is 144 Å². The Morgan fingerprint density at radius 1 is 1.43 bits per heavy atom. The number of ether oxygens (including phenoxy) is 1. The van der Waals surface area contributed by atoms with E-state index in [2.05, 4.69) is 27.6 Å². The number of rotatable bonds is 6. The third-order valence-electron chi connectivity index (χ3n) is 4.35. The SMILES string of the molecule is CN=C(NCCc1ccc(OC)cc1Cl)NCC1CCCN1C. The zero-order valence-corrected chi connectivity index (χ0v) is 15.0. The van der Waals surface area contributed by atoms with Gasteiger partial charge in [-0.25, -0.2) is 0 Å². The highest BCUT2D eigenvalue weighted by atomic mass is 35.5. The van der Waals surface area contributed by atoms with E-state index in [9.17, 15) is 0 Å². The van der Waals surface area contributed by atoms with E-state index >= 15 is 0 Å². The van der Waals surface area contributed by atoms with Crippen molar-refractivity contribution in [3.05, 3.63) is 28.8 Å². The van der Waals surface area contributed by atoms with E-state index in [4.69, 9.17) is 16.3 Å². The molecule has 0 bridgehead atoms. The van der Waals surface area contributed by atoms with Gasteiger partial charge in [0, 0.05) is 31.2 Å². The number of nitrogens with zero attached hydrogens (tertiary/aromatic N) is 2. The van der Waals surface area contributed by atoms with Gasteiger partial charge in [-0.1, -0.05) is 17.7 Å². The highest BCUT2D eigenvalue weighted by molar-refractivity contribution is 6.31. The molecule has 0 radical (unpaired) electrons. The van der Waals surface area contributed by atoms with Gasteiger partial charge in [0.2, 0.25) is 0 Å². The summed E-state index contributed by atoms with van der Waals surface area (Å²) in [5.41, 5.74) is 1.10. The van der Waals surface area contributed by atoms with Gasteiger partial charge in [0.15, 0.2) is 5.96 Å². The Hall–Kier alpha value is -1.46. The number of guanidine groups is 1. The maximum Gasteiger partial charge on any atom is 0.191 e. The van der Waals surface area contributed by atoms with Gasteiger partial charge in [-0.2, -0.15) is 0 Å². The minimum atomic E-state index is 0.601. The lowest BCUT2D eigenvalue weighted by molar-refractivity contribution is 0.309. The summed E-state index contributed by atoms with van der Waals surface area (Å²) >= 11 is 6.26. The fourth-order valence-electron chi connectivity index (χ4n) is 2.85. The molecule has 1 atom stereocenters. The number of benzene rings is 1. The highest BCUT2D eigenvalue weighted by Gasteiger charge is 2.20. The minimum absolute atomic E-state index is 0.601. The number of nitrogens with one attached hydrogen (secondary N) is 2. The number of hydrogen-bond acceptors (Lipinski definition) is 3. The predicted octanol–water partition coefficient (Wildman–Crippen LogP) is 2.15. The van der Waals surface area contributed by atoms with Crippen LogP contribution in [0.2, 0.25) is 5.02 Å². The monoisotopic (exact) mass is 338 g/mol. The molecule has 0 amide bonds. The molecule has 0 aliphatic carbocycles. The van der Waals surface area contributed by atoms with Crippen LogP contribution < -0.4 is 15.4 Å². The zero-order chi connectivity index (χ0) is 16.7. The molecule has 0 spiro atoms. The first-order valence-corrected chi connectivity index (χ1v) is 8.49. The van der Waals surface area contributed by atoms with Gasteiger partial charge in [0.25, 0.3) is 0 Å². The summed E-state index contributed by atoms with van der Waals surface area (Å²) in [4.78, 5) is 6.68. The molecule has 23 heavy (non-hydrogen) atoms. The average molecular weight is 339 g/mol. The van der Waals surface area contributed by atoms with Gasteiger partial charge < -0.3 is 20.3 Å². The first-order valence-electron chi connectivity index (χ1n) is 8.11. The number of likely N-dealkylation sites (tertiary alicyclic amines) is 1. The van der Waals surface area contributed by atoms with Gasteiger partial charge in [0.05, 0.1) is 7.11 Å². The smallest absolute Gasteiger partial charge is 0.191 e. The van der Waals surface area contributed by atoms with E-state index in [1.165, 1.54) is 19.4 Å². The molecule has 0 aromatic heterocycles. The molecule has 1 heterocycles. The molecule has 6 heteroatoms. The van der Waals surface area contributed by atoms with Crippen LogP contribution in [0, 0.1) is 0 Å². The fourth-order valence-corrected chi connectivity index (χ4v) is 3.11. The number of likely N-dealkylation sites (N-methyl/N-ethyl adjacent to an activating group) is 1. The molecular formula is C17H27ClN4O. The Morgan fingerprint density at radius 3 is 2.87 bits per heavy atom. The van der Waals surface area contributed by atoms with Crippen molar-refractivity contribution in [3.63, 3.8) is 0 Å². The predicted molar refractivity (Wildman–Crippen MR) is 96.7 cm³/mol. The van der Waals surface area contributed by atoms with Crippen LogP contribution in [-0.4, -0.2) is 57.7 Å². The summed E-state index contributed by atoms with van der Waals surface area (Å²) < 4.78 is 5.17. The van der Waals surface area contributed by atoms with Crippen molar-refractivity contribution in [1.29, 1.82) is 0 Å². The summed E-state index contributed by atoms with van der Waals surface area (Å²) in [6.45, 7) is 2.90. The normalized spacial score (nSPS) is 19.0. The zero-order valence-electron chi connectivity index (χ0n) is 14.2. The van der Waals surface area contributed by atoms with E-state index in [1.54, 1.807) is 14.2 Å². The molecule has 1 aromatic rings. The molecule has 0 saturated carbocycles. The fraction of sp³-hybridized carbons (Fsp3) is 0.588. The molecule has 1 aliphatic heterocycles. The lowest BCUT2D eigenvalue weighted by Crippen LogP contribution is -2.44. The van der Waals surface area contributed by atoms with Gasteiger partial charge in [-0.3, -0.25) is 4.99 Å². The Balaban J connectivity index is 1.75. The summed E-state index contributed by atoms with van der Waals surface area (Å²) in [7, 11) is 5.62. The second-order valence-electron chi connectivity index (χ2n) is 5.86. The van der Waals surface area contributed by atoms with Crippen molar-refractivity contribution in [3.8, 4) is 5.75 Å². The lowest BCUT2D eigenvalue weighted by atomic mass is 10.1. The maximum absolute atomic E-state index is 6.26. The molecule has 1 saturated heterocycles. The van der Waals surface area contributed by atoms with E-state index < -0.39 is 0 Å². The molecule has 1 fully saturated rings. The van der Waals surface area contributed by atoms with Crippen LogP contribution in [0.4, 0.5) is 0 Å². The van der Waals surface area contributed by atoms with Gasteiger partial charge in [0.1, 0.15) is 5.75 Å². The molecular weight excluding hydrogens is 312 g/mol. The standard InChI is InChI=1S/C17H27ClN4O/c1-19-17(21-12-14-5-4-10-22(14)2)20-9-8-13-6-7-15(23-3)11-16(13)18/h6-7,11,14H,4-5,8-10,12H2,1-3H3,(H2,19,20,21). The first kappa shape index (κ1) is 17.9. The van der Waals surface area contributed by atoms with E-state index in [1.807, 2.05) is 18.2 Å². The van der Waals surface area contributed by atoms with Crippen LogP contribution in [-0.2, 0) is 6.42 Å². The second kappa shape index (κ2) is 8.99. The molecule has 2 N–H and O–H groups in total. The molecule has 1 unspecified atom stereocenters. The number of methoxy groups -OCH3 is 1. The summed E-state index contributed by atoms with van der Waals surface area (Å²) in [5, 5.41) is 7.49. The van der Waals surface area contributed by atoms with Crippen LogP contribution in [0.5, 0.6) is 5.75 Å². The van der Waals surface area contributed by atoms with Crippen molar-refractivity contribution in [2.45, 2.75) is 25.3 Å².